The highest BCUT2D eigenvalue weighted by molar-refractivity contribution is 7.85. The first-order chi connectivity index (χ1) is 7.20. The first-order valence-corrected chi connectivity index (χ1v) is 7.29. The van der Waals surface area contributed by atoms with Gasteiger partial charge in [-0.25, -0.2) is 0 Å². The van der Waals surface area contributed by atoms with E-state index in [-0.39, 0.29) is 6.04 Å². The lowest BCUT2D eigenvalue weighted by Crippen LogP contribution is -2.26. The lowest BCUT2D eigenvalue weighted by atomic mass is 10.2. The van der Waals surface area contributed by atoms with Crippen molar-refractivity contribution >= 4 is 10.8 Å². The summed E-state index contributed by atoms with van der Waals surface area (Å²) in [5, 5.41) is 0.383. The lowest BCUT2D eigenvalue weighted by Gasteiger charge is -2.21. The largest absolute Gasteiger partial charge is 0.381 e. The van der Waals surface area contributed by atoms with Crippen molar-refractivity contribution in [2.24, 2.45) is 5.73 Å². The van der Waals surface area contributed by atoms with Crippen LogP contribution in [0.15, 0.2) is 0 Å². The summed E-state index contributed by atoms with van der Waals surface area (Å²) in [6, 6.07) is 0.279. The van der Waals surface area contributed by atoms with Gasteiger partial charge >= 0.3 is 0 Å². The van der Waals surface area contributed by atoms with Crippen molar-refractivity contribution in [3.8, 4) is 0 Å². The normalized spacial score (nSPS) is 22.5. The van der Waals surface area contributed by atoms with Crippen LogP contribution in [0.2, 0.25) is 0 Å². The van der Waals surface area contributed by atoms with Gasteiger partial charge in [-0.3, -0.25) is 4.21 Å². The molecule has 1 fully saturated rings. The highest BCUT2D eigenvalue weighted by Gasteiger charge is 2.19. The van der Waals surface area contributed by atoms with Crippen molar-refractivity contribution in [2.75, 3.05) is 19.0 Å². The van der Waals surface area contributed by atoms with Gasteiger partial charge < -0.3 is 10.5 Å². The van der Waals surface area contributed by atoms with Gasteiger partial charge in [-0.2, -0.15) is 0 Å². The number of rotatable bonds is 6. The minimum absolute atomic E-state index is 0.279. The molecule has 0 bridgehead atoms. The summed E-state index contributed by atoms with van der Waals surface area (Å²) in [5.74, 6) is 0.845. The molecule has 1 rings (SSSR count). The molecule has 15 heavy (non-hydrogen) atoms. The Labute approximate surface area is 95.2 Å². The van der Waals surface area contributed by atoms with Crippen molar-refractivity contribution in [3.05, 3.63) is 0 Å². The molecule has 0 aromatic carbocycles. The first-order valence-electron chi connectivity index (χ1n) is 5.90. The van der Waals surface area contributed by atoms with Gasteiger partial charge in [0.2, 0.25) is 0 Å². The molecule has 0 aliphatic carbocycles. The van der Waals surface area contributed by atoms with Crippen molar-refractivity contribution in [2.45, 2.75) is 50.3 Å². The van der Waals surface area contributed by atoms with Crippen LogP contribution in [0, 0.1) is 0 Å². The number of nitrogens with two attached hydrogens (primary N) is 1. The summed E-state index contributed by atoms with van der Waals surface area (Å²) >= 11 is 0. The second-order valence-electron chi connectivity index (χ2n) is 4.37. The molecule has 0 radical (unpaired) electrons. The van der Waals surface area contributed by atoms with E-state index >= 15 is 0 Å². The molecule has 2 unspecified atom stereocenters. The van der Waals surface area contributed by atoms with Crippen LogP contribution in [-0.2, 0) is 15.5 Å². The van der Waals surface area contributed by atoms with Gasteiger partial charge in [0, 0.05) is 41.1 Å². The molecule has 0 saturated carbocycles. The molecule has 0 spiro atoms. The number of unbranched alkanes of at least 4 members (excludes halogenated alkanes) is 1. The Morgan fingerprint density at radius 2 is 2.07 bits per heavy atom. The predicted molar refractivity (Wildman–Crippen MR) is 64.4 cm³/mol. The minimum atomic E-state index is -0.642. The summed E-state index contributed by atoms with van der Waals surface area (Å²) in [6.07, 6.45) is 5.14. The Balaban J connectivity index is 2.07. The zero-order chi connectivity index (χ0) is 11.1. The average Bonchev–Trinajstić information content (AvgIpc) is 2.25. The molecular weight excluding hydrogens is 210 g/mol. The van der Waals surface area contributed by atoms with Crippen LogP contribution in [0.1, 0.15) is 39.0 Å². The van der Waals surface area contributed by atoms with Gasteiger partial charge in [-0.15, -0.1) is 0 Å². The molecule has 1 aliphatic rings. The molecule has 4 heteroatoms. The van der Waals surface area contributed by atoms with Crippen LogP contribution in [0.4, 0.5) is 0 Å². The quantitative estimate of drug-likeness (QED) is 0.706. The lowest BCUT2D eigenvalue weighted by molar-refractivity contribution is 0.0992. The summed E-state index contributed by atoms with van der Waals surface area (Å²) < 4.78 is 17.1. The molecule has 2 atom stereocenters. The van der Waals surface area contributed by atoms with E-state index in [0.29, 0.717) is 5.25 Å². The Morgan fingerprint density at radius 1 is 1.40 bits per heavy atom. The van der Waals surface area contributed by atoms with E-state index < -0.39 is 10.8 Å². The SMILES string of the molecule is CC(N)CCCCS(=O)C1CCOCC1. The highest BCUT2D eigenvalue weighted by atomic mass is 32.2. The standard InChI is InChI=1S/C11H23NO2S/c1-10(12)4-2-3-9-15(13)11-5-7-14-8-6-11/h10-11H,2-9,12H2,1H3. The molecule has 0 aromatic rings. The summed E-state index contributed by atoms with van der Waals surface area (Å²) in [5.41, 5.74) is 5.66. The van der Waals surface area contributed by atoms with Gasteiger partial charge in [0.15, 0.2) is 0 Å². The number of hydrogen-bond acceptors (Lipinski definition) is 3. The monoisotopic (exact) mass is 233 g/mol. The van der Waals surface area contributed by atoms with Crippen LogP contribution in [-0.4, -0.2) is 34.5 Å². The Morgan fingerprint density at radius 3 is 2.67 bits per heavy atom. The van der Waals surface area contributed by atoms with Gasteiger partial charge in [-0.05, 0) is 32.6 Å². The maximum Gasteiger partial charge on any atom is 0.0477 e. The second kappa shape index (κ2) is 7.36. The molecule has 2 N–H and O–H groups in total. The van der Waals surface area contributed by atoms with Gasteiger partial charge in [0.25, 0.3) is 0 Å². The topological polar surface area (TPSA) is 52.3 Å². The van der Waals surface area contributed by atoms with E-state index in [2.05, 4.69) is 0 Å². The maximum absolute atomic E-state index is 11.9. The zero-order valence-corrected chi connectivity index (χ0v) is 10.4. The van der Waals surface area contributed by atoms with Gasteiger partial charge in [-0.1, -0.05) is 6.42 Å². The molecule has 0 amide bonds. The number of hydrogen-bond donors (Lipinski definition) is 1. The number of ether oxygens (including phenoxy) is 1. The van der Waals surface area contributed by atoms with Gasteiger partial charge in [0.1, 0.15) is 0 Å². The van der Waals surface area contributed by atoms with Crippen LogP contribution in [0.25, 0.3) is 0 Å². The van der Waals surface area contributed by atoms with Crippen LogP contribution in [0.5, 0.6) is 0 Å². The van der Waals surface area contributed by atoms with Crippen molar-refractivity contribution in [1.29, 1.82) is 0 Å². The molecule has 0 aromatic heterocycles. The van der Waals surface area contributed by atoms with Crippen molar-refractivity contribution in [1.82, 2.24) is 0 Å². The summed E-state index contributed by atoms with van der Waals surface area (Å²) in [4.78, 5) is 0. The van der Waals surface area contributed by atoms with E-state index in [1.165, 1.54) is 0 Å². The zero-order valence-electron chi connectivity index (χ0n) is 9.61. The second-order valence-corrected chi connectivity index (χ2v) is 6.21. The smallest absolute Gasteiger partial charge is 0.0477 e. The van der Waals surface area contributed by atoms with Gasteiger partial charge in [0.05, 0.1) is 0 Å². The fourth-order valence-electron chi connectivity index (χ4n) is 1.82. The molecule has 90 valence electrons. The van der Waals surface area contributed by atoms with E-state index in [0.717, 1.165) is 51.1 Å². The molecule has 1 aliphatic heterocycles. The fourth-order valence-corrected chi connectivity index (χ4v) is 3.36. The maximum atomic E-state index is 11.9. The summed E-state index contributed by atoms with van der Waals surface area (Å²) in [7, 11) is -0.642. The predicted octanol–water partition coefficient (Wildman–Crippen LogP) is 1.43. The molecular formula is C11H23NO2S. The fraction of sp³-hybridized carbons (Fsp3) is 1.00. The highest BCUT2D eigenvalue weighted by Crippen LogP contribution is 2.14. The average molecular weight is 233 g/mol. The Hall–Kier alpha value is 0.0700. The van der Waals surface area contributed by atoms with Crippen molar-refractivity contribution in [3.63, 3.8) is 0 Å². The van der Waals surface area contributed by atoms with E-state index in [1.54, 1.807) is 0 Å². The van der Waals surface area contributed by atoms with E-state index in [9.17, 15) is 4.21 Å². The third-order valence-corrected chi connectivity index (χ3v) is 4.70. The summed E-state index contributed by atoms with van der Waals surface area (Å²) in [6.45, 7) is 3.60. The van der Waals surface area contributed by atoms with Crippen molar-refractivity contribution < 1.29 is 8.95 Å². The first kappa shape index (κ1) is 13.1. The molecule has 1 heterocycles. The van der Waals surface area contributed by atoms with Crippen LogP contribution >= 0.6 is 0 Å². The van der Waals surface area contributed by atoms with Crippen LogP contribution < -0.4 is 5.73 Å². The van der Waals surface area contributed by atoms with E-state index in [1.807, 2.05) is 6.92 Å². The third-order valence-electron chi connectivity index (χ3n) is 2.80. The third kappa shape index (κ3) is 5.64. The minimum Gasteiger partial charge on any atom is -0.381 e. The van der Waals surface area contributed by atoms with E-state index in [4.69, 9.17) is 10.5 Å². The molecule has 3 nitrogen and oxygen atoms in total. The van der Waals surface area contributed by atoms with Crippen LogP contribution in [0.3, 0.4) is 0 Å². The Kier molecular flexibility index (Phi) is 6.45. The molecule has 1 saturated heterocycles. The Bertz CT molecular complexity index is 191.